The number of rotatable bonds is 5. The van der Waals surface area contributed by atoms with Gasteiger partial charge in [-0.05, 0) is 11.6 Å². The van der Waals surface area contributed by atoms with Crippen LogP contribution in [0.3, 0.4) is 0 Å². The van der Waals surface area contributed by atoms with Gasteiger partial charge >= 0.3 is 0 Å². The molecule has 0 aliphatic carbocycles. The number of nitrogens with zero attached hydrogens (tertiary/aromatic N) is 2. The van der Waals surface area contributed by atoms with Gasteiger partial charge in [-0.2, -0.15) is 0 Å². The van der Waals surface area contributed by atoms with Crippen molar-refractivity contribution in [1.29, 1.82) is 0 Å². The molecule has 1 rings (SSSR count). The van der Waals surface area contributed by atoms with Crippen molar-refractivity contribution < 1.29 is 9.72 Å². The van der Waals surface area contributed by atoms with Gasteiger partial charge in [0.1, 0.15) is 5.15 Å². The molecule has 18 heavy (non-hydrogen) atoms. The Kier molecular flexibility index (Phi) is 5.06. The van der Waals surface area contributed by atoms with Gasteiger partial charge in [0, 0.05) is 13.2 Å². The smallest absolute Gasteiger partial charge is 0.274 e. The van der Waals surface area contributed by atoms with Crippen LogP contribution < -0.4 is 10.6 Å². The number of hydrogen-bond donors (Lipinski definition) is 2. The van der Waals surface area contributed by atoms with Crippen molar-refractivity contribution in [3.63, 3.8) is 0 Å². The van der Waals surface area contributed by atoms with E-state index in [4.69, 9.17) is 11.6 Å². The summed E-state index contributed by atoms with van der Waals surface area (Å²) in [5, 5.41) is 15.5. The summed E-state index contributed by atoms with van der Waals surface area (Å²) in [6.45, 7) is 0. The van der Waals surface area contributed by atoms with Crippen molar-refractivity contribution in [2.75, 3.05) is 7.05 Å². The maximum absolute atomic E-state index is 11.6. The van der Waals surface area contributed by atoms with Crippen molar-refractivity contribution in [2.24, 2.45) is 0 Å². The van der Waals surface area contributed by atoms with Crippen LogP contribution in [0.1, 0.15) is 5.56 Å². The third kappa shape index (κ3) is 4.79. The van der Waals surface area contributed by atoms with Gasteiger partial charge < -0.3 is 10.6 Å². The second kappa shape index (κ2) is 6.55. The molecule has 0 fully saturated rings. The van der Waals surface area contributed by atoms with Gasteiger partial charge in [0.05, 0.1) is 11.3 Å². The van der Waals surface area contributed by atoms with Crippen molar-refractivity contribution in [3.8, 4) is 0 Å². The zero-order chi connectivity index (χ0) is 13.5. The van der Waals surface area contributed by atoms with E-state index in [9.17, 15) is 14.9 Å². The minimum absolute atomic E-state index is 0.0203. The van der Waals surface area contributed by atoms with Crippen LogP contribution in [0.25, 0.3) is 0 Å². The molecule has 8 heteroatoms. The quantitative estimate of drug-likeness (QED) is 0.466. The number of nitro groups is 1. The number of aromatic nitrogens is 1. The standard InChI is InChI=1S/C10H11ClN4O3/c1-12-9(6-15(17)18)14-10(16)4-7-2-3-8(11)13-5-7/h2-3,5-6,12H,4H2,1H3,(H,14,16)/b9-6+. The molecule has 0 radical (unpaired) electrons. The third-order valence-electron chi connectivity index (χ3n) is 1.93. The van der Waals surface area contributed by atoms with Crippen LogP contribution in [0.15, 0.2) is 30.4 Å². The van der Waals surface area contributed by atoms with Crippen molar-refractivity contribution in [3.05, 3.63) is 51.2 Å². The first-order valence-electron chi connectivity index (χ1n) is 4.94. The minimum atomic E-state index is -0.657. The number of halogens is 1. The molecule has 1 heterocycles. The minimum Gasteiger partial charge on any atom is -0.369 e. The van der Waals surface area contributed by atoms with Gasteiger partial charge in [-0.15, -0.1) is 0 Å². The Balaban J connectivity index is 2.61. The predicted molar refractivity (Wildman–Crippen MR) is 65.2 cm³/mol. The average molecular weight is 271 g/mol. The normalized spacial score (nSPS) is 10.9. The van der Waals surface area contributed by atoms with Gasteiger partial charge in [-0.3, -0.25) is 14.9 Å². The van der Waals surface area contributed by atoms with Crippen LogP contribution in [0.5, 0.6) is 0 Å². The summed E-state index contributed by atoms with van der Waals surface area (Å²) in [5.74, 6) is -0.367. The summed E-state index contributed by atoms with van der Waals surface area (Å²) >= 11 is 5.61. The monoisotopic (exact) mass is 270 g/mol. The summed E-state index contributed by atoms with van der Waals surface area (Å²) in [4.78, 5) is 25.0. The first-order chi connectivity index (χ1) is 8.51. The Morgan fingerprint density at radius 1 is 1.61 bits per heavy atom. The zero-order valence-electron chi connectivity index (χ0n) is 9.51. The molecule has 0 bridgehead atoms. The highest BCUT2D eigenvalue weighted by molar-refractivity contribution is 6.29. The maximum Gasteiger partial charge on any atom is 0.274 e. The van der Waals surface area contributed by atoms with Crippen molar-refractivity contribution in [2.45, 2.75) is 6.42 Å². The summed E-state index contributed by atoms with van der Waals surface area (Å²) in [5.41, 5.74) is 0.661. The predicted octanol–water partition coefficient (Wildman–Crippen LogP) is 0.689. The maximum atomic E-state index is 11.6. The second-order valence-corrected chi connectivity index (χ2v) is 3.68. The number of amides is 1. The molecule has 0 saturated carbocycles. The summed E-state index contributed by atoms with van der Waals surface area (Å²) in [6, 6.07) is 3.22. The van der Waals surface area contributed by atoms with E-state index < -0.39 is 4.92 Å². The molecule has 1 amide bonds. The van der Waals surface area contributed by atoms with Gasteiger partial charge in [0.25, 0.3) is 6.20 Å². The lowest BCUT2D eigenvalue weighted by molar-refractivity contribution is -0.404. The van der Waals surface area contributed by atoms with Crippen LogP contribution in [-0.2, 0) is 11.2 Å². The Hall–Kier alpha value is -2.15. The SMILES string of the molecule is CN/C(=C\[N+](=O)[O-])NC(=O)Cc1ccc(Cl)nc1. The van der Waals surface area contributed by atoms with E-state index in [2.05, 4.69) is 15.6 Å². The fraction of sp³-hybridized carbons (Fsp3) is 0.200. The van der Waals surface area contributed by atoms with E-state index in [0.717, 1.165) is 0 Å². The lowest BCUT2D eigenvalue weighted by Gasteiger charge is -2.06. The molecule has 1 aromatic heterocycles. The number of carbonyl (C=O) groups excluding carboxylic acids is 1. The molecule has 0 spiro atoms. The first kappa shape index (κ1) is 13.9. The average Bonchev–Trinajstić information content (AvgIpc) is 2.30. The molecule has 7 nitrogen and oxygen atoms in total. The highest BCUT2D eigenvalue weighted by Gasteiger charge is 2.08. The Morgan fingerprint density at radius 3 is 2.83 bits per heavy atom. The molecule has 2 N–H and O–H groups in total. The number of nitrogens with one attached hydrogen (secondary N) is 2. The van der Waals surface area contributed by atoms with Crippen molar-refractivity contribution >= 4 is 17.5 Å². The molecule has 96 valence electrons. The van der Waals surface area contributed by atoms with Gasteiger partial charge in [-0.25, -0.2) is 4.98 Å². The van der Waals surface area contributed by atoms with Gasteiger partial charge in [-0.1, -0.05) is 17.7 Å². The Labute approximate surface area is 108 Å². The van der Waals surface area contributed by atoms with Crippen molar-refractivity contribution in [1.82, 2.24) is 15.6 Å². The van der Waals surface area contributed by atoms with Crippen LogP contribution in [0.4, 0.5) is 0 Å². The topological polar surface area (TPSA) is 97.2 Å². The highest BCUT2D eigenvalue weighted by Crippen LogP contribution is 2.05. The molecule has 0 aromatic carbocycles. The van der Waals surface area contributed by atoms with E-state index >= 15 is 0 Å². The molecule has 1 aromatic rings. The molecular formula is C10H11ClN4O3. The number of hydrogen-bond acceptors (Lipinski definition) is 5. The second-order valence-electron chi connectivity index (χ2n) is 3.29. The molecule has 0 unspecified atom stereocenters. The highest BCUT2D eigenvalue weighted by atomic mass is 35.5. The van der Waals surface area contributed by atoms with E-state index in [1.54, 1.807) is 12.1 Å². The molecular weight excluding hydrogens is 260 g/mol. The molecule has 0 atom stereocenters. The Bertz CT molecular complexity index is 473. The fourth-order valence-electron chi connectivity index (χ4n) is 1.16. The van der Waals surface area contributed by atoms with E-state index in [1.807, 2.05) is 0 Å². The van der Waals surface area contributed by atoms with Crippen LogP contribution >= 0.6 is 11.6 Å². The summed E-state index contributed by atoms with van der Waals surface area (Å²) < 4.78 is 0. The van der Waals surface area contributed by atoms with E-state index in [0.29, 0.717) is 16.9 Å². The fourth-order valence-corrected chi connectivity index (χ4v) is 1.27. The van der Waals surface area contributed by atoms with E-state index in [1.165, 1.54) is 13.2 Å². The van der Waals surface area contributed by atoms with Crippen LogP contribution in [-0.4, -0.2) is 22.9 Å². The van der Waals surface area contributed by atoms with Crippen LogP contribution in [0, 0.1) is 10.1 Å². The first-order valence-corrected chi connectivity index (χ1v) is 5.32. The van der Waals surface area contributed by atoms with E-state index in [-0.39, 0.29) is 18.1 Å². The molecule has 0 saturated heterocycles. The largest absolute Gasteiger partial charge is 0.369 e. The summed E-state index contributed by atoms with van der Waals surface area (Å²) in [6.07, 6.45) is 2.21. The number of pyridine rings is 1. The number of carbonyl (C=O) groups is 1. The van der Waals surface area contributed by atoms with Gasteiger partial charge in [0.2, 0.25) is 5.91 Å². The van der Waals surface area contributed by atoms with Crippen LogP contribution in [0.2, 0.25) is 5.15 Å². The summed E-state index contributed by atoms with van der Waals surface area (Å²) in [7, 11) is 1.47. The lowest BCUT2D eigenvalue weighted by atomic mass is 10.2. The Morgan fingerprint density at radius 2 is 2.33 bits per heavy atom. The lowest BCUT2D eigenvalue weighted by Crippen LogP contribution is -2.31. The molecule has 0 aliphatic rings. The zero-order valence-corrected chi connectivity index (χ0v) is 10.3. The third-order valence-corrected chi connectivity index (χ3v) is 2.15. The molecule has 0 aliphatic heterocycles. The van der Waals surface area contributed by atoms with Gasteiger partial charge in [0.15, 0.2) is 5.82 Å².